The van der Waals surface area contributed by atoms with Gasteiger partial charge in [0.1, 0.15) is 18.1 Å². The van der Waals surface area contributed by atoms with Crippen LogP contribution in [0.25, 0.3) is 0 Å². The molecule has 0 saturated heterocycles. The van der Waals surface area contributed by atoms with Crippen molar-refractivity contribution in [3.05, 3.63) is 46.5 Å². The van der Waals surface area contributed by atoms with Crippen LogP contribution in [-0.4, -0.2) is 14.2 Å². The summed E-state index contributed by atoms with van der Waals surface area (Å²) in [6, 6.07) is 3.45. The second kappa shape index (κ2) is 3.78. The first-order chi connectivity index (χ1) is 7.20. The predicted octanol–water partition coefficient (Wildman–Crippen LogP) is 0.320. The number of imidazole rings is 1. The van der Waals surface area contributed by atoms with Gasteiger partial charge < -0.3 is 14.1 Å². The predicted molar refractivity (Wildman–Crippen MR) is 53.4 cm³/mol. The molecule has 5 heteroatoms. The average Bonchev–Trinajstić information content (AvgIpc) is 2.80. The van der Waals surface area contributed by atoms with Crippen LogP contribution in [0.4, 0.5) is 0 Å². The number of aryl methyl sites for hydroxylation is 1. The molecule has 0 aliphatic carbocycles. The van der Waals surface area contributed by atoms with Gasteiger partial charge in [0, 0.05) is 19.4 Å². The van der Waals surface area contributed by atoms with Gasteiger partial charge in [-0.15, -0.1) is 0 Å². The molecule has 0 aliphatic rings. The van der Waals surface area contributed by atoms with E-state index in [-0.39, 0.29) is 12.3 Å². The first kappa shape index (κ1) is 9.79. The van der Waals surface area contributed by atoms with Crippen molar-refractivity contribution < 1.29 is 9.52 Å². The molecule has 2 aromatic rings. The zero-order valence-electron chi connectivity index (χ0n) is 8.38. The number of aliphatic hydroxyl groups is 1. The monoisotopic (exact) mass is 208 g/mol. The first-order valence-electron chi connectivity index (χ1n) is 4.61. The molecule has 5 nitrogen and oxygen atoms in total. The largest absolute Gasteiger partial charge is 0.462 e. The highest BCUT2D eigenvalue weighted by atomic mass is 16.4. The van der Waals surface area contributed by atoms with Gasteiger partial charge in [-0.25, -0.2) is 4.79 Å². The summed E-state index contributed by atoms with van der Waals surface area (Å²) < 4.78 is 8.32. The molecule has 2 heterocycles. The fourth-order valence-electron chi connectivity index (χ4n) is 1.39. The quantitative estimate of drug-likeness (QED) is 0.790. The molecule has 0 spiro atoms. The van der Waals surface area contributed by atoms with E-state index in [0.29, 0.717) is 18.1 Å². The highest BCUT2D eigenvalue weighted by molar-refractivity contribution is 5.07. The highest BCUT2D eigenvalue weighted by Gasteiger charge is 2.04. The van der Waals surface area contributed by atoms with Crippen molar-refractivity contribution in [2.45, 2.75) is 13.2 Å². The van der Waals surface area contributed by atoms with Crippen molar-refractivity contribution in [2.75, 3.05) is 0 Å². The summed E-state index contributed by atoms with van der Waals surface area (Å²) in [5.41, 5.74) is -0.0862. The molecule has 80 valence electrons. The summed E-state index contributed by atoms with van der Waals surface area (Å²) in [4.78, 5) is 11.5. The lowest BCUT2D eigenvalue weighted by Crippen LogP contribution is -2.22. The van der Waals surface area contributed by atoms with Gasteiger partial charge in [-0.1, -0.05) is 0 Å². The van der Waals surface area contributed by atoms with Gasteiger partial charge in [-0.2, -0.15) is 0 Å². The van der Waals surface area contributed by atoms with Crippen molar-refractivity contribution >= 4 is 0 Å². The summed E-state index contributed by atoms with van der Waals surface area (Å²) in [5.74, 6) is 1.17. The number of furan rings is 1. The van der Waals surface area contributed by atoms with Gasteiger partial charge in [-0.05, 0) is 12.1 Å². The van der Waals surface area contributed by atoms with E-state index in [2.05, 4.69) is 0 Å². The summed E-state index contributed by atoms with van der Waals surface area (Å²) in [6.07, 6.45) is 3.39. The first-order valence-corrected chi connectivity index (χ1v) is 4.61. The average molecular weight is 208 g/mol. The molecular weight excluding hydrogens is 196 g/mol. The maximum Gasteiger partial charge on any atom is 0.328 e. The van der Waals surface area contributed by atoms with Crippen LogP contribution in [0.3, 0.4) is 0 Å². The van der Waals surface area contributed by atoms with Crippen molar-refractivity contribution in [1.82, 2.24) is 9.13 Å². The van der Waals surface area contributed by atoms with Crippen molar-refractivity contribution in [2.24, 2.45) is 7.05 Å². The van der Waals surface area contributed by atoms with Gasteiger partial charge in [0.25, 0.3) is 0 Å². The minimum absolute atomic E-state index is 0.0862. The SMILES string of the molecule is Cn1ccn(Cc2ccc(CO)o2)c1=O. The Balaban J connectivity index is 2.22. The smallest absolute Gasteiger partial charge is 0.328 e. The number of hydrogen-bond donors (Lipinski definition) is 1. The lowest BCUT2D eigenvalue weighted by Gasteiger charge is -1.97. The number of aliphatic hydroxyl groups excluding tert-OH is 1. The summed E-state index contributed by atoms with van der Waals surface area (Å²) >= 11 is 0. The molecule has 0 aromatic carbocycles. The minimum Gasteiger partial charge on any atom is -0.462 e. The molecule has 15 heavy (non-hydrogen) atoms. The highest BCUT2D eigenvalue weighted by Crippen LogP contribution is 2.08. The zero-order valence-corrected chi connectivity index (χ0v) is 8.38. The van der Waals surface area contributed by atoms with Crippen LogP contribution in [0.1, 0.15) is 11.5 Å². The number of hydrogen-bond acceptors (Lipinski definition) is 3. The lowest BCUT2D eigenvalue weighted by molar-refractivity contribution is 0.243. The normalized spacial score (nSPS) is 10.8. The molecule has 0 saturated carbocycles. The van der Waals surface area contributed by atoms with Crippen LogP contribution in [0, 0.1) is 0 Å². The molecule has 0 bridgehead atoms. The van der Waals surface area contributed by atoms with E-state index in [1.54, 1.807) is 36.1 Å². The molecule has 0 atom stereocenters. The van der Waals surface area contributed by atoms with Crippen molar-refractivity contribution in [3.8, 4) is 0 Å². The molecular formula is C10H12N2O3. The van der Waals surface area contributed by atoms with E-state index in [1.165, 1.54) is 4.57 Å². The number of nitrogens with zero attached hydrogens (tertiary/aromatic N) is 2. The fraction of sp³-hybridized carbons (Fsp3) is 0.300. The van der Waals surface area contributed by atoms with Crippen LogP contribution in [-0.2, 0) is 20.2 Å². The molecule has 1 N–H and O–H groups in total. The Morgan fingerprint density at radius 2 is 2.07 bits per heavy atom. The van der Waals surface area contributed by atoms with Crippen LogP contribution in [0.15, 0.2) is 33.7 Å². The van der Waals surface area contributed by atoms with Crippen LogP contribution < -0.4 is 5.69 Å². The van der Waals surface area contributed by atoms with Gasteiger partial charge in [-0.3, -0.25) is 4.57 Å². The van der Waals surface area contributed by atoms with Crippen molar-refractivity contribution in [3.63, 3.8) is 0 Å². The molecule has 0 amide bonds. The van der Waals surface area contributed by atoms with Crippen molar-refractivity contribution in [1.29, 1.82) is 0 Å². The van der Waals surface area contributed by atoms with E-state index >= 15 is 0 Å². The number of aromatic nitrogens is 2. The lowest BCUT2D eigenvalue weighted by atomic mass is 10.4. The van der Waals surface area contributed by atoms with E-state index in [9.17, 15) is 4.79 Å². The standard InChI is InChI=1S/C10H12N2O3/c1-11-4-5-12(10(11)14)6-8-2-3-9(7-13)15-8/h2-5,13H,6-7H2,1H3. The Morgan fingerprint density at radius 1 is 1.33 bits per heavy atom. The minimum atomic E-state index is -0.121. The van der Waals surface area contributed by atoms with E-state index < -0.39 is 0 Å². The third-order valence-corrected chi connectivity index (χ3v) is 2.22. The second-order valence-corrected chi connectivity index (χ2v) is 3.35. The Bertz CT molecular complexity index is 507. The molecule has 0 unspecified atom stereocenters. The summed E-state index contributed by atoms with van der Waals surface area (Å²) in [6.45, 7) is 0.267. The molecule has 0 aliphatic heterocycles. The molecule has 0 fully saturated rings. The van der Waals surface area contributed by atoms with Gasteiger partial charge in [0.15, 0.2) is 0 Å². The van der Waals surface area contributed by atoms with Crippen LogP contribution >= 0.6 is 0 Å². The van der Waals surface area contributed by atoms with Crippen LogP contribution in [0.5, 0.6) is 0 Å². The maximum absolute atomic E-state index is 11.5. The summed E-state index contributed by atoms with van der Waals surface area (Å²) in [5, 5.41) is 8.81. The Hall–Kier alpha value is -1.75. The van der Waals surface area contributed by atoms with E-state index in [0.717, 1.165) is 0 Å². The van der Waals surface area contributed by atoms with E-state index in [4.69, 9.17) is 9.52 Å². The van der Waals surface area contributed by atoms with Gasteiger partial charge >= 0.3 is 5.69 Å². The van der Waals surface area contributed by atoms with Gasteiger partial charge in [0.2, 0.25) is 0 Å². The van der Waals surface area contributed by atoms with E-state index in [1.807, 2.05) is 0 Å². The molecule has 0 radical (unpaired) electrons. The summed E-state index contributed by atoms with van der Waals surface area (Å²) in [7, 11) is 1.69. The third-order valence-electron chi connectivity index (χ3n) is 2.22. The topological polar surface area (TPSA) is 60.3 Å². The fourth-order valence-corrected chi connectivity index (χ4v) is 1.39. The third kappa shape index (κ3) is 1.87. The Morgan fingerprint density at radius 3 is 2.60 bits per heavy atom. The zero-order chi connectivity index (χ0) is 10.8. The van der Waals surface area contributed by atoms with Crippen LogP contribution in [0.2, 0.25) is 0 Å². The molecule has 2 rings (SSSR count). The number of rotatable bonds is 3. The van der Waals surface area contributed by atoms with Gasteiger partial charge in [0.05, 0.1) is 6.54 Å². The maximum atomic E-state index is 11.5. The Kier molecular flexibility index (Phi) is 2.47. The Labute approximate surface area is 86.2 Å². The second-order valence-electron chi connectivity index (χ2n) is 3.35. The molecule has 2 aromatic heterocycles.